The first-order chi connectivity index (χ1) is 7.15. The van der Waals surface area contributed by atoms with Gasteiger partial charge in [-0.1, -0.05) is 6.07 Å². The molecule has 3 nitrogen and oxygen atoms in total. The SMILES string of the molecule is CN(C)c1ccc(CC2(CN)CC2)cn1. The fourth-order valence-corrected chi connectivity index (χ4v) is 1.85. The molecule has 2 rings (SSSR count). The Morgan fingerprint density at radius 2 is 2.13 bits per heavy atom. The van der Waals surface area contributed by atoms with Crippen molar-refractivity contribution >= 4 is 5.82 Å². The number of anilines is 1. The molecular weight excluding hydrogens is 186 g/mol. The van der Waals surface area contributed by atoms with Gasteiger partial charge < -0.3 is 10.6 Å². The third kappa shape index (κ3) is 2.29. The maximum atomic E-state index is 5.77. The van der Waals surface area contributed by atoms with Crippen molar-refractivity contribution in [1.29, 1.82) is 0 Å². The number of aromatic nitrogens is 1. The van der Waals surface area contributed by atoms with Gasteiger partial charge in [-0.15, -0.1) is 0 Å². The first-order valence-electron chi connectivity index (χ1n) is 5.48. The molecule has 1 aliphatic carbocycles. The molecule has 15 heavy (non-hydrogen) atoms. The third-order valence-corrected chi connectivity index (χ3v) is 3.24. The Labute approximate surface area is 91.3 Å². The van der Waals surface area contributed by atoms with Crippen LogP contribution in [0.3, 0.4) is 0 Å². The van der Waals surface area contributed by atoms with Gasteiger partial charge in [0.25, 0.3) is 0 Å². The normalized spacial score (nSPS) is 17.5. The molecule has 1 saturated carbocycles. The second-order valence-electron chi connectivity index (χ2n) is 4.80. The molecule has 0 amide bonds. The van der Waals surface area contributed by atoms with E-state index in [-0.39, 0.29) is 0 Å². The second-order valence-corrected chi connectivity index (χ2v) is 4.80. The summed E-state index contributed by atoms with van der Waals surface area (Å²) < 4.78 is 0. The summed E-state index contributed by atoms with van der Waals surface area (Å²) in [6.07, 6.45) is 5.62. The van der Waals surface area contributed by atoms with E-state index in [0.29, 0.717) is 5.41 Å². The van der Waals surface area contributed by atoms with Gasteiger partial charge in [-0.3, -0.25) is 0 Å². The van der Waals surface area contributed by atoms with Crippen molar-refractivity contribution in [2.75, 3.05) is 25.5 Å². The van der Waals surface area contributed by atoms with Crippen LogP contribution < -0.4 is 10.6 Å². The van der Waals surface area contributed by atoms with Crippen LogP contribution in [0.5, 0.6) is 0 Å². The lowest BCUT2D eigenvalue weighted by molar-refractivity contribution is 0.520. The van der Waals surface area contributed by atoms with Gasteiger partial charge in [0.15, 0.2) is 0 Å². The molecule has 1 heterocycles. The molecule has 0 saturated heterocycles. The first kappa shape index (κ1) is 10.4. The molecule has 0 atom stereocenters. The summed E-state index contributed by atoms with van der Waals surface area (Å²) in [5.74, 6) is 1.01. The maximum Gasteiger partial charge on any atom is 0.127 e. The number of hydrogen-bond acceptors (Lipinski definition) is 3. The summed E-state index contributed by atoms with van der Waals surface area (Å²) in [5.41, 5.74) is 7.48. The Balaban J connectivity index is 2.04. The van der Waals surface area contributed by atoms with E-state index in [9.17, 15) is 0 Å². The molecule has 2 N–H and O–H groups in total. The Morgan fingerprint density at radius 3 is 2.53 bits per heavy atom. The van der Waals surface area contributed by atoms with Crippen molar-refractivity contribution in [2.24, 2.45) is 11.1 Å². The standard InChI is InChI=1S/C12H19N3/c1-15(2)11-4-3-10(8-14-11)7-12(9-13)5-6-12/h3-4,8H,5-7,9,13H2,1-2H3. The van der Waals surface area contributed by atoms with Crippen molar-refractivity contribution in [3.8, 4) is 0 Å². The van der Waals surface area contributed by atoms with Gasteiger partial charge in [-0.25, -0.2) is 4.98 Å². The lowest BCUT2D eigenvalue weighted by Gasteiger charge is -2.14. The monoisotopic (exact) mass is 205 g/mol. The van der Waals surface area contributed by atoms with Crippen LogP contribution in [-0.2, 0) is 6.42 Å². The van der Waals surface area contributed by atoms with E-state index in [1.807, 2.05) is 25.2 Å². The summed E-state index contributed by atoms with van der Waals surface area (Å²) in [7, 11) is 4.01. The fourth-order valence-electron chi connectivity index (χ4n) is 1.85. The topological polar surface area (TPSA) is 42.1 Å². The minimum Gasteiger partial charge on any atom is -0.363 e. The molecule has 1 aromatic rings. The van der Waals surface area contributed by atoms with Crippen LogP contribution in [0, 0.1) is 5.41 Å². The average molecular weight is 205 g/mol. The van der Waals surface area contributed by atoms with Crippen LogP contribution in [0.25, 0.3) is 0 Å². The van der Waals surface area contributed by atoms with Crippen molar-refractivity contribution < 1.29 is 0 Å². The van der Waals surface area contributed by atoms with Crippen molar-refractivity contribution in [3.05, 3.63) is 23.9 Å². The van der Waals surface area contributed by atoms with Gasteiger partial charge >= 0.3 is 0 Å². The molecule has 0 aromatic carbocycles. The van der Waals surface area contributed by atoms with E-state index in [1.54, 1.807) is 0 Å². The van der Waals surface area contributed by atoms with Gasteiger partial charge in [0.2, 0.25) is 0 Å². The largest absolute Gasteiger partial charge is 0.363 e. The second kappa shape index (κ2) is 3.81. The molecule has 0 unspecified atom stereocenters. The minimum absolute atomic E-state index is 0.404. The molecule has 1 aromatic heterocycles. The van der Waals surface area contributed by atoms with Crippen LogP contribution in [0.4, 0.5) is 5.82 Å². The summed E-state index contributed by atoms with van der Waals surface area (Å²) in [6, 6.07) is 4.24. The minimum atomic E-state index is 0.404. The molecule has 0 bridgehead atoms. The van der Waals surface area contributed by atoms with E-state index in [1.165, 1.54) is 18.4 Å². The summed E-state index contributed by atoms with van der Waals surface area (Å²) in [6.45, 7) is 0.808. The average Bonchev–Trinajstić information content (AvgIpc) is 2.99. The highest BCUT2D eigenvalue weighted by Gasteiger charge is 2.40. The van der Waals surface area contributed by atoms with E-state index >= 15 is 0 Å². The van der Waals surface area contributed by atoms with Crippen molar-refractivity contribution in [3.63, 3.8) is 0 Å². The van der Waals surface area contributed by atoms with Crippen LogP contribution in [-0.4, -0.2) is 25.6 Å². The molecule has 3 heteroatoms. The highest BCUT2D eigenvalue weighted by Crippen LogP contribution is 2.47. The Kier molecular flexibility index (Phi) is 2.65. The molecule has 1 aliphatic rings. The Morgan fingerprint density at radius 1 is 1.40 bits per heavy atom. The highest BCUT2D eigenvalue weighted by atomic mass is 15.1. The smallest absolute Gasteiger partial charge is 0.127 e. The number of nitrogens with zero attached hydrogens (tertiary/aromatic N) is 2. The van der Waals surface area contributed by atoms with Gasteiger partial charge in [0.05, 0.1) is 0 Å². The molecular formula is C12H19N3. The van der Waals surface area contributed by atoms with Crippen LogP contribution in [0.2, 0.25) is 0 Å². The number of nitrogens with two attached hydrogens (primary N) is 1. The predicted molar refractivity (Wildman–Crippen MR) is 63.0 cm³/mol. The quantitative estimate of drug-likeness (QED) is 0.808. The molecule has 0 spiro atoms. The maximum absolute atomic E-state index is 5.77. The molecule has 0 aliphatic heterocycles. The first-order valence-corrected chi connectivity index (χ1v) is 5.48. The highest BCUT2D eigenvalue weighted by molar-refractivity contribution is 5.37. The fraction of sp³-hybridized carbons (Fsp3) is 0.583. The molecule has 82 valence electrons. The van der Waals surface area contributed by atoms with Crippen LogP contribution in [0.15, 0.2) is 18.3 Å². The van der Waals surface area contributed by atoms with Gasteiger partial charge in [-0.05, 0) is 42.9 Å². The van der Waals surface area contributed by atoms with Crippen molar-refractivity contribution in [1.82, 2.24) is 4.98 Å². The van der Waals surface area contributed by atoms with Crippen LogP contribution >= 0.6 is 0 Å². The van der Waals surface area contributed by atoms with E-state index < -0.39 is 0 Å². The number of hydrogen-bond donors (Lipinski definition) is 1. The Hall–Kier alpha value is -1.09. The Bertz CT molecular complexity index is 325. The third-order valence-electron chi connectivity index (χ3n) is 3.24. The zero-order valence-electron chi connectivity index (χ0n) is 9.53. The van der Waals surface area contributed by atoms with Gasteiger partial charge in [0.1, 0.15) is 5.82 Å². The predicted octanol–water partition coefficient (Wildman–Crippen LogP) is 1.43. The zero-order chi connectivity index (χ0) is 10.9. The zero-order valence-corrected chi connectivity index (χ0v) is 9.53. The number of rotatable bonds is 4. The van der Waals surface area contributed by atoms with E-state index in [0.717, 1.165) is 18.8 Å². The summed E-state index contributed by atoms with van der Waals surface area (Å²) >= 11 is 0. The van der Waals surface area contributed by atoms with E-state index in [2.05, 4.69) is 17.1 Å². The van der Waals surface area contributed by atoms with Crippen LogP contribution in [0.1, 0.15) is 18.4 Å². The summed E-state index contributed by atoms with van der Waals surface area (Å²) in [4.78, 5) is 6.42. The molecule has 1 fully saturated rings. The van der Waals surface area contributed by atoms with E-state index in [4.69, 9.17) is 5.73 Å². The lowest BCUT2D eigenvalue weighted by Crippen LogP contribution is -2.18. The number of pyridine rings is 1. The van der Waals surface area contributed by atoms with Gasteiger partial charge in [-0.2, -0.15) is 0 Å². The van der Waals surface area contributed by atoms with Crippen molar-refractivity contribution in [2.45, 2.75) is 19.3 Å². The lowest BCUT2D eigenvalue weighted by atomic mass is 9.98. The summed E-state index contributed by atoms with van der Waals surface area (Å²) in [5, 5.41) is 0. The molecule has 0 radical (unpaired) electrons. The van der Waals surface area contributed by atoms with Gasteiger partial charge in [0, 0.05) is 20.3 Å².